The molecule has 0 saturated heterocycles. The number of benzene rings is 2. The molecule has 0 spiro atoms. The highest BCUT2D eigenvalue weighted by atomic mass is 32.2. The molecule has 174 valence electrons. The minimum atomic E-state index is -0.880. The summed E-state index contributed by atoms with van der Waals surface area (Å²) in [6.07, 6.45) is 4.33. The van der Waals surface area contributed by atoms with Crippen LogP contribution in [-0.4, -0.2) is 41.0 Å². The number of hydrogen-bond donors (Lipinski definition) is 4. The molecule has 1 aliphatic rings. The van der Waals surface area contributed by atoms with Gasteiger partial charge in [0.2, 0.25) is 0 Å². The average molecular weight is 476 g/mol. The van der Waals surface area contributed by atoms with Crippen molar-refractivity contribution in [2.24, 2.45) is 4.99 Å². The van der Waals surface area contributed by atoms with Gasteiger partial charge in [0, 0.05) is 52.6 Å². The van der Waals surface area contributed by atoms with Crippen molar-refractivity contribution in [3.63, 3.8) is 0 Å². The number of anilines is 2. The van der Waals surface area contributed by atoms with Crippen molar-refractivity contribution in [1.29, 1.82) is 0 Å². The maximum atomic E-state index is 12.8. The van der Waals surface area contributed by atoms with E-state index in [9.17, 15) is 14.7 Å². The van der Waals surface area contributed by atoms with Gasteiger partial charge in [-0.25, -0.2) is 0 Å². The average Bonchev–Trinajstić information content (AvgIpc) is 2.85. The van der Waals surface area contributed by atoms with Crippen LogP contribution in [0.15, 0.2) is 82.9 Å². The van der Waals surface area contributed by atoms with Gasteiger partial charge >= 0.3 is 5.97 Å². The lowest BCUT2D eigenvalue weighted by Gasteiger charge is -2.16. The number of hydrogen-bond acceptors (Lipinski definition) is 7. The van der Waals surface area contributed by atoms with Crippen LogP contribution in [0.4, 0.5) is 11.4 Å². The van der Waals surface area contributed by atoms with Crippen LogP contribution in [0.5, 0.6) is 0 Å². The van der Waals surface area contributed by atoms with E-state index < -0.39 is 5.97 Å². The van der Waals surface area contributed by atoms with Crippen LogP contribution in [0.25, 0.3) is 0 Å². The number of nitrogens with one attached hydrogen (secondary N) is 3. The smallest absolute Gasteiger partial charge is 0.304 e. The predicted octanol–water partition coefficient (Wildman–Crippen LogP) is 4.40. The quantitative estimate of drug-likeness (QED) is 0.357. The minimum absolute atomic E-state index is 0.0325. The van der Waals surface area contributed by atoms with E-state index >= 15 is 0 Å². The molecule has 0 radical (unpaired) electrons. The van der Waals surface area contributed by atoms with Crippen LogP contribution in [0.1, 0.15) is 34.0 Å². The monoisotopic (exact) mass is 475 g/mol. The molecule has 0 saturated carbocycles. The third-order valence-electron chi connectivity index (χ3n) is 5.09. The first kappa shape index (κ1) is 23.3. The van der Waals surface area contributed by atoms with E-state index in [1.807, 2.05) is 36.4 Å². The van der Waals surface area contributed by atoms with Crippen molar-refractivity contribution >= 4 is 41.0 Å². The maximum Gasteiger partial charge on any atom is 0.304 e. The van der Waals surface area contributed by atoms with Crippen LogP contribution < -0.4 is 16.0 Å². The number of carboxylic acids is 1. The first-order chi connectivity index (χ1) is 16.6. The summed E-state index contributed by atoms with van der Waals surface area (Å²) < 4.78 is 0. The van der Waals surface area contributed by atoms with Gasteiger partial charge in [-0.1, -0.05) is 12.1 Å². The molecular weight excluding hydrogens is 450 g/mol. The van der Waals surface area contributed by atoms with Crippen LogP contribution >= 0.6 is 11.8 Å². The van der Waals surface area contributed by atoms with Crippen LogP contribution in [-0.2, 0) is 4.79 Å². The number of aromatic nitrogens is 1. The molecule has 1 amide bonds. The second-order valence-corrected chi connectivity index (χ2v) is 8.96. The fraction of sp³-hybridized carbons (Fsp3) is 0.200. The highest BCUT2D eigenvalue weighted by Crippen LogP contribution is 2.38. The zero-order valence-corrected chi connectivity index (χ0v) is 19.2. The summed E-state index contributed by atoms with van der Waals surface area (Å²) >= 11 is 1.43. The highest BCUT2D eigenvalue weighted by Gasteiger charge is 2.18. The molecule has 34 heavy (non-hydrogen) atoms. The van der Waals surface area contributed by atoms with Crippen molar-refractivity contribution < 1.29 is 14.7 Å². The largest absolute Gasteiger partial charge is 0.481 e. The molecular formula is C25H25N5O3S. The number of amides is 1. The third kappa shape index (κ3) is 6.58. The Morgan fingerprint density at radius 2 is 1.94 bits per heavy atom. The number of carbonyl (C=O) groups excluding carboxylic acids is 1. The van der Waals surface area contributed by atoms with E-state index in [4.69, 9.17) is 0 Å². The number of rotatable bonds is 8. The van der Waals surface area contributed by atoms with Crippen LogP contribution in [0.3, 0.4) is 0 Å². The second kappa shape index (κ2) is 11.3. The van der Waals surface area contributed by atoms with Gasteiger partial charge in [0.25, 0.3) is 5.91 Å². The summed E-state index contributed by atoms with van der Waals surface area (Å²) in [5.74, 6) is -0.364. The van der Waals surface area contributed by atoms with Gasteiger partial charge in [-0.3, -0.25) is 19.6 Å². The topological polar surface area (TPSA) is 116 Å². The Hall–Kier alpha value is -3.85. The summed E-state index contributed by atoms with van der Waals surface area (Å²) in [5, 5.41) is 18.4. The molecule has 4 N–H and O–H groups in total. The molecule has 9 heteroatoms. The molecule has 0 fully saturated rings. The van der Waals surface area contributed by atoms with Gasteiger partial charge in [0.1, 0.15) is 0 Å². The molecule has 2 aromatic carbocycles. The summed E-state index contributed by atoms with van der Waals surface area (Å²) in [7, 11) is 0. The molecule has 1 atom stereocenters. The number of guanidine groups is 1. The molecule has 2 heterocycles. The molecule has 8 nitrogen and oxygen atoms in total. The Labute approximate surface area is 201 Å². The van der Waals surface area contributed by atoms with Gasteiger partial charge in [-0.2, -0.15) is 0 Å². The van der Waals surface area contributed by atoms with E-state index in [1.165, 1.54) is 11.8 Å². The van der Waals surface area contributed by atoms with Crippen molar-refractivity contribution in [1.82, 2.24) is 10.3 Å². The van der Waals surface area contributed by atoms with Crippen LogP contribution in [0.2, 0.25) is 0 Å². The van der Waals surface area contributed by atoms with E-state index in [1.54, 1.807) is 36.7 Å². The molecule has 1 aromatic heterocycles. The van der Waals surface area contributed by atoms with Gasteiger partial charge in [-0.05, 0) is 60.5 Å². The summed E-state index contributed by atoms with van der Waals surface area (Å²) in [4.78, 5) is 33.5. The van der Waals surface area contributed by atoms with E-state index in [-0.39, 0.29) is 17.6 Å². The summed E-state index contributed by atoms with van der Waals surface area (Å²) in [6, 6.07) is 18.2. The second-order valence-electron chi connectivity index (χ2n) is 7.69. The Morgan fingerprint density at radius 3 is 2.65 bits per heavy atom. The fourth-order valence-corrected chi connectivity index (χ4v) is 4.61. The van der Waals surface area contributed by atoms with Crippen molar-refractivity contribution in [3.8, 4) is 0 Å². The number of thioether (sulfide) groups is 1. The maximum absolute atomic E-state index is 12.8. The number of pyridine rings is 1. The highest BCUT2D eigenvalue weighted by molar-refractivity contribution is 7.99. The third-order valence-corrected chi connectivity index (χ3v) is 6.34. The van der Waals surface area contributed by atoms with E-state index in [0.717, 1.165) is 41.6 Å². The number of nitrogens with zero attached hydrogens (tertiary/aromatic N) is 2. The Morgan fingerprint density at radius 1 is 1.09 bits per heavy atom. The molecule has 1 aliphatic heterocycles. The number of carboxylic acid groups (broad SMARTS) is 1. The number of aliphatic carboxylic acids is 1. The van der Waals surface area contributed by atoms with Gasteiger partial charge in [-0.15, -0.1) is 11.8 Å². The van der Waals surface area contributed by atoms with Crippen LogP contribution in [0, 0.1) is 0 Å². The zero-order chi connectivity index (χ0) is 23.8. The Bertz CT molecular complexity index is 1170. The normalized spacial score (nSPS) is 13.8. The molecule has 0 aliphatic carbocycles. The SMILES string of the molecule is O=C(O)CC(Sc1cccc(NC(=O)c2ccc(NC3=NCCCN3)cc2)c1)c1cccnc1. The molecule has 4 rings (SSSR count). The fourth-order valence-electron chi connectivity index (χ4n) is 3.43. The molecule has 1 unspecified atom stereocenters. The molecule has 0 bridgehead atoms. The molecule has 3 aromatic rings. The van der Waals surface area contributed by atoms with Gasteiger partial charge < -0.3 is 21.1 Å². The van der Waals surface area contributed by atoms with Gasteiger partial charge in [0.05, 0.1) is 6.42 Å². The zero-order valence-electron chi connectivity index (χ0n) is 18.4. The number of aliphatic imine (C=N–C) groups is 1. The van der Waals surface area contributed by atoms with E-state index in [2.05, 4.69) is 25.9 Å². The van der Waals surface area contributed by atoms with Crippen molar-refractivity contribution in [2.45, 2.75) is 23.0 Å². The Balaban J connectivity index is 1.40. The lowest BCUT2D eigenvalue weighted by molar-refractivity contribution is -0.137. The van der Waals surface area contributed by atoms with Crippen molar-refractivity contribution in [2.75, 3.05) is 23.7 Å². The lowest BCUT2D eigenvalue weighted by atomic mass is 10.1. The predicted molar refractivity (Wildman–Crippen MR) is 134 cm³/mol. The lowest BCUT2D eigenvalue weighted by Crippen LogP contribution is -2.35. The standard InChI is InChI=1S/C25H25N5O3S/c31-23(32)15-22(18-4-2-11-26-16-18)34-21-6-1-5-20(14-21)29-24(33)17-7-9-19(10-8-17)30-25-27-12-3-13-28-25/h1-2,4-11,14,16,22H,3,12-13,15H2,(H,29,33)(H,31,32)(H2,27,28,30). The van der Waals surface area contributed by atoms with Gasteiger partial charge in [0.15, 0.2) is 5.96 Å². The minimum Gasteiger partial charge on any atom is -0.481 e. The summed E-state index contributed by atoms with van der Waals surface area (Å²) in [6.45, 7) is 1.69. The van der Waals surface area contributed by atoms with E-state index in [0.29, 0.717) is 11.3 Å². The summed E-state index contributed by atoms with van der Waals surface area (Å²) in [5.41, 5.74) is 2.86. The first-order valence-corrected chi connectivity index (χ1v) is 11.8. The van der Waals surface area contributed by atoms with Crippen molar-refractivity contribution in [3.05, 3.63) is 84.2 Å². The number of carbonyl (C=O) groups is 2. The Kier molecular flexibility index (Phi) is 7.77. The first-order valence-electron chi connectivity index (χ1n) is 10.9.